The fourth-order valence-corrected chi connectivity index (χ4v) is 2.52. The Hall–Kier alpha value is -1.97. The number of ether oxygens (including phenoxy) is 1. The van der Waals surface area contributed by atoms with Crippen molar-refractivity contribution < 1.29 is 9.53 Å². The lowest BCUT2D eigenvalue weighted by Crippen LogP contribution is -2.26. The first-order valence-corrected chi connectivity index (χ1v) is 7.76. The summed E-state index contributed by atoms with van der Waals surface area (Å²) in [4.78, 5) is 12.4. The van der Waals surface area contributed by atoms with Crippen LogP contribution in [0.4, 0.5) is 0 Å². The Morgan fingerprint density at radius 2 is 2.05 bits per heavy atom. The van der Waals surface area contributed by atoms with Crippen molar-refractivity contribution in [3.05, 3.63) is 30.0 Å². The second-order valence-electron chi connectivity index (χ2n) is 5.06. The van der Waals surface area contributed by atoms with Gasteiger partial charge in [0, 0.05) is 18.5 Å². The Morgan fingerprint density at radius 3 is 2.71 bits per heavy atom. The molecule has 0 saturated carbocycles. The molecule has 0 radical (unpaired) electrons. The van der Waals surface area contributed by atoms with Crippen molar-refractivity contribution in [1.29, 1.82) is 0 Å². The van der Waals surface area contributed by atoms with Crippen molar-refractivity contribution in [3.8, 4) is 5.75 Å². The Bertz CT molecular complexity index is 617. The largest absolute Gasteiger partial charge is 0.493 e. The van der Waals surface area contributed by atoms with Gasteiger partial charge in [-0.2, -0.15) is 0 Å². The van der Waals surface area contributed by atoms with Crippen molar-refractivity contribution in [3.63, 3.8) is 0 Å². The predicted octanol–water partition coefficient (Wildman–Crippen LogP) is 3.59. The van der Waals surface area contributed by atoms with Gasteiger partial charge in [-0.15, -0.1) is 0 Å². The van der Waals surface area contributed by atoms with Gasteiger partial charge in [0.25, 0.3) is 5.91 Å². The number of aromatic nitrogens is 1. The Morgan fingerprint density at radius 1 is 1.24 bits per heavy atom. The average molecular weight is 288 g/mol. The maximum Gasteiger partial charge on any atom is 0.267 e. The van der Waals surface area contributed by atoms with Gasteiger partial charge < -0.3 is 14.6 Å². The summed E-state index contributed by atoms with van der Waals surface area (Å²) in [5.74, 6) is 0.832. The number of amides is 1. The molecular weight excluding hydrogens is 264 g/mol. The van der Waals surface area contributed by atoms with Crippen molar-refractivity contribution >= 4 is 16.8 Å². The number of aryl methyl sites for hydroxylation is 1. The van der Waals surface area contributed by atoms with Crippen LogP contribution in [0.5, 0.6) is 5.75 Å². The van der Waals surface area contributed by atoms with Crippen LogP contribution < -0.4 is 10.1 Å². The number of nitrogens with one attached hydrogen (secondary N) is 1. The molecule has 0 unspecified atom stereocenters. The molecule has 4 nitrogen and oxygen atoms in total. The highest BCUT2D eigenvalue weighted by atomic mass is 16.5. The van der Waals surface area contributed by atoms with Gasteiger partial charge in [0.05, 0.1) is 12.1 Å². The van der Waals surface area contributed by atoms with E-state index in [4.69, 9.17) is 4.74 Å². The van der Waals surface area contributed by atoms with E-state index >= 15 is 0 Å². The first-order chi connectivity index (χ1) is 10.2. The molecule has 4 heteroatoms. The van der Waals surface area contributed by atoms with E-state index in [1.165, 1.54) is 0 Å². The minimum absolute atomic E-state index is 0.0102. The number of nitrogens with zero attached hydrogens (tertiary/aromatic N) is 1. The molecule has 0 atom stereocenters. The van der Waals surface area contributed by atoms with Crippen molar-refractivity contribution in [2.24, 2.45) is 0 Å². The minimum Gasteiger partial charge on any atom is -0.493 e. The van der Waals surface area contributed by atoms with Gasteiger partial charge in [0.15, 0.2) is 0 Å². The van der Waals surface area contributed by atoms with Crippen LogP contribution in [0.2, 0.25) is 0 Å². The maximum atomic E-state index is 12.4. The van der Waals surface area contributed by atoms with Crippen LogP contribution >= 0.6 is 0 Å². The maximum absolute atomic E-state index is 12.4. The fourth-order valence-electron chi connectivity index (χ4n) is 2.52. The standard InChI is InChI=1S/C17H24N2O2/c1-4-10-18-17(20)15-12-13-14(19(15)11-5-2)8-7-9-16(13)21-6-3/h7-9,12H,4-6,10-11H2,1-3H3,(H,18,20). The van der Waals surface area contributed by atoms with Crippen LogP contribution in [0.1, 0.15) is 44.1 Å². The third kappa shape index (κ3) is 3.20. The van der Waals surface area contributed by atoms with Gasteiger partial charge in [0.1, 0.15) is 11.4 Å². The summed E-state index contributed by atoms with van der Waals surface area (Å²) in [6.45, 7) is 8.28. The van der Waals surface area contributed by atoms with E-state index in [9.17, 15) is 4.79 Å². The molecule has 1 aromatic heterocycles. The molecule has 2 aromatic rings. The predicted molar refractivity (Wildman–Crippen MR) is 86.0 cm³/mol. The molecule has 1 heterocycles. The number of hydrogen-bond acceptors (Lipinski definition) is 2. The van der Waals surface area contributed by atoms with Gasteiger partial charge in [0.2, 0.25) is 0 Å². The zero-order valence-electron chi connectivity index (χ0n) is 13.1. The summed E-state index contributed by atoms with van der Waals surface area (Å²) < 4.78 is 7.77. The minimum atomic E-state index is -0.0102. The lowest BCUT2D eigenvalue weighted by Gasteiger charge is -2.10. The second-order valence-corrected chi connectivity index (χ2v) is 5.06. The normalized spacial score (nSPS) is 10.8. The summed E-state index contributed by atoms with van der Waals surface area (Å²) in [6, 6.07) is 7.92. The van der Waals surface area contributed by atoms with Crippen LogP contribution in [0.3, 0.4) is 0 Å². The molecule has 0 fully saturated rings. The number of carbonyl (C=O) groups excluding carboxylic acids is 1. The summed E-state index contributed by atoms with van der Waals surface area (Å²) in [6.07, 6.45) is 1.92. The molecule has 2 rings (SSSR count). The Kier molecular flexibility index (Phi) is 5.26. The molecular formula is C17H24N2O2. The van der Waals surface area contributed by atoms with Crippen LogP contribution in [-0.2, 0) is 6.54 Å². The third-order valence-corrected chi connectivity index (χ3v) is 3.42. The molecule has 1 N–H and O–H groups in total. The number of benzene rings is 1. The monoisotopic (exact) mass is 288 g/mol. The number of fused-ring (bicyclic) bond motifs is 1. The highest BCUT2D eigenvalue weighted by molar-refractivity contribution is 6.00. The Balaban J connectivity index is 2.50. The molecule has 0 aliphatic heterocycles. The van der Waals surface area contributed by atoms with E-state index in [0.29, 0.717) is 18.8 Å². The summed E-state index contributed by atoms with van der Waals surface area (Å²) in [5, 5.41) is 3.97. The summed E-state index contributed by atoms with van der Waals surface area (Å²) in [7, 11) is 0. The van der Waals surface area contributed by atoms with Gasteiger partial charge >= 0.3 is 0 Å². The van der Waals surface area contributed by atoms with E-state index in [-0.39, 0.29) is 5.91 Å². The zero-order valence-corrected chi connectivity index (χ0v) is 13.1. The summed E-state index contributed by atoms with van der Waals surface area (Å²) in [5.41, 5.74) is 1.77. The summed E-state index contributed by atoms with van der Waals surface area (Å²) >= 11 is 0. The Labute approximate surface area is 126 Å². The molecule has 1 aromatic carbocycles. The van der Waals surface area contributed by atoms with Crippen LogP contribution in [0.15, 0.2) is 24.3 Å². The third-order valence-electron chi connectivity index (χ3n) is 3.42. The van der Waals surface area contributed by atoms with Crippen molar-refractivity contribution in [2.45, 2.75) is 40.2 Å². The lowest BCUT2D eigenvalue weighted by atomic mass is 10.2. The van der Waals surface area contributed by atoms with Crippen LogP contribution in [-0.4, -0.2) is 23.6 Å². The highest BCUT2D eigenvalue weighted by Gasteiger charge is 2.16. The quantitative estimate of drug-likeness (QED) is 0.846. The van der Waals surface area contributed by atoms with Crippen LogP contribution in [0, 0.1) is 0 Å². The molecule has 1 amide bonds. The van der Waals surface area contributed by atoms with Gasteiger partial charge in [-0.25, -0.2) is 0 Å². The van der Waals surface area contributed by atoms with Gasteiger partial charge in [-0.3, -0.25) is 4.79 Å². The topological polar surface area (TPSA) is 43.3 Å². The van der Waals surface area contributed by atoms with E-state index in [2.05, 4.69) is 23.7 Å². The highest BCUT2D eigenvalue weighted by Crippen LogP contribution is 2.29. The van der Waals surface area contributed by atoms with Gasteiger partial charge in [-0.1, -0.05) is 19.9 Å². The zero-order chi connectivity index (χ0) is 15.2. The molecule has 0 spiro atoms. The SMILES string of the molecule is CCCNC(=O)c1cc2c(OCC)cccc2n1CCC. The molecule has 0 bridgehead atoms. The van der Waals surface area contributed by atoms with E-state index < -0.39 is 0 Å². The first kappa shape index (κ1) is 15.4. The molecule has 0 saturated heterocycles. The average Bonchev–Trinajstić information content (AvgIpc) is 2.86. The smallest absolute Gasteiger partial charge is 0.267 e. The molecule has 21 heavy (non-hydrogen) atoms. The number of carbonyl (C=O) groups is 1. The number of hydrogen-bond donors (Lipinski definition) is 1. The van der Waals surface area contributed by atoms with E-state index in [1.807, 2.05) is 31.2 Å². The molecule has 114 valence electrons. The fraction of sp³-hybridized carbons (Fsp3) is 0.471. The first-order valence-electron chi connectivity index (χ1n) is 7.76. The van der Waals surface area contributed by atoms with Gasteiger partial charge in [-0.05, 0) is 38.0 Å². The van der Waals surface area contributed by atoms with Crippen molar-refractivity contribution in [1.82, 2.24) is 9.88 Å². The molecule has 0 aliphatic rings. The van der Waals surface area contributed by atoms with Crippen LogP contribution in [0.25, 0.3) is 10.9 Å². The second kappa shape index (κ2) is 7.16. The number of rotatable bonds is 7. The molecule has 0 aliphatic carbocycles. The lowest BCUT2D eigenvalue weighted by molar-refractivity contribution is 0.0944. The van der Waals surface area contributed by atoms with E-state index in [1.54, 1.807) is 0 Å². The van der Waals surface area contributed by atoms with Crippen molar-refractivity contribution in [2.75, 3.05) is 13.2 Å². The van der Waals surface area contributed by atoms with E-state index in [0.717, 1.165) is 36.0 Å².